The van der Waals surface area contributed by atoms with Crippen molar-refractivity contribution in [1.82, 2.24) is 15.3 Å². The first kappa shape index (κ1) is 18.4. The lowest BCUT2D eigenvalue weighted by Gasteiger charge is -2.38. The van der Waals surface area contributed by atoms with Gasteiger partial charge in [-0.25, -0.2) is 4.79 Å². The van der Waals surface area contributed by atoms with Crippen molar-refractivity contribution >= 4 is 23.7 Å². The average molecular weight is 344 g/mol. The summed E-state index contributed by atoms with van der Waals surface area (Å²) in [4.78, 5) is 53.2. The Balaban J connectivity index is 1.67. The summed E-state index contributed by atoms with van der Waals surface area (Å²) in [6, 6.07) is 0.744. The van der Waals surface area contributed by atoms with E-state index in [1.807, 2.05) is 0 Å². The van der Waals surface area contributed by atoms with Crippen LogP contribution in [0.4, 0.5) is 0 Å². The second kappa shape index (κ2) is 8.23. The lowest BCUT2D eigenvalue weighted by molar-refractivity contribution is -0.197. The Morgan fingerprint density at radius 3 is 2.29 bits per heavy atom. The second-order valence-corrected chi connectivity index (χ2v) is 6.45. The van der Waals surface area contributed by atoms with E-state index >= 15 is 0 Å². The quantitative estimate of drug-likeness (QED) is 0.425. The Morgan fingerprint density at radius 2 is 1.71 bits per heavy atom. The molecule has 8 heteroatoms. The molecular weight excluding hydrogens is 319 g/mol. The lowest BCUT2D eigenvalue weighted by atomic mass is 10.0. The van der Waals surface area contributed by atoms with E-state index in [0.29, 0.717) is 23.7 Å². The molecule has 1 N–H and O–H groups in total. The molecule has 0 saturated carbocycles. The molecule has 0 bridgehead atoms. The Kier molecular flexibility index (Phi) is 6.30. The van der Waals surface area contributed by atoms with Crippen molar-refractivity contribution in [2.45, 2.75) is 64.5 Å². The summed E-state index contributed by atoms with van der Waals surface area (Å²) in [7, 11) is 0. The van der Waals surface area contributed by atoms with E-state index in [1.165, 1.54) is 6.42 Å². The molecule has 0 aromatic rings. The van der Waals surface area contributed by atoms with Gasteiger partial charge in [0.15, 0.2) is 0 Å². The molecule has 2 aliphatic rings. The van der Waals surface area contributed by atoms with Gasteiger partial charge in [-0.3, -0.25) is 19.3 Å². The minimum Gasteiger partial charge on any atom is -0.354 e. The van der Waals surface area contributed by atoms with Gasteiger partial charge in [0.1, 0.15) is 0 Å². The molecule has 24 heavy (non-hydrogen) atoms. The smallest absolute Gasteiger partial charge is 0.334 e. The van der Waals surface area contributed by atoms with Crippen LogP contribution in [0.25, 0.3) is 0 Å². The zero-order valence-electron chi connectivity index (χ0n) is 14.2. The fraction of sp³-hybridized carbons (Fsp3) is 0.750. The van der Waals surface area contributed by atoms with Crippen LogP contribution in [0.2, 0.25) is 0 Å². The number of hydroxylamine groups is 2. The molecule has 2 fully saturated rings. The van der Waals surface area contributed by atoms with Crippen molar-refractivity contribution in [3.8, 4) is 0 Å². The SMILES string of the molecule is [13CH3][C@@H]1CCC[C@H]([13CH3])N1C[13C](=O)[15NH][13CH2]CC(=O)ON1C(=O)CCC1=O. The van der Waals surface area contributed by atoms with Gasteiger partial charge in [0.25, 0.3) is 11.8 Å². The monoisotopic (exact) mass is 344 g/mol. The third-order valence-electron chi connectivity index (χ3n) is 4.55. The topological polar surface area (TPSA) is 96.0 Å². The van der Waals surface area contributed by atoms with E-state index < -0.39 is 17.8 Å². The Morgan fingerprint density at radius 1 is 1.12 bits per heavy atom. The molecule has 2 heterocycles. The normalized spacial score (nSPS) is 25.0. The fourth-order valence-electron chi connectivity index (χ4n) is 3.12. The number of hydrogen-bond donors (Lipinski definition) is 1. The van der Waals surface area contributed by atoms with Crippen LogP contribution in [0.3, 0.4) is 0 Å². The van der Waals surface area contributed by atoms with Gasteiger partial charge in [-0.15, -0.1) is 5.06 Å². The molecular formula is C16H25N3O5. The van der Waals surface area contributed by atoms with E-state index in [9.17, 15) is 19.2 Å². The van der Waals surface area contributed by atoms with Crippen molar-refractivity contribution in [2.24, 2.45) is 0 Å². The molecule has 2 saturated heterocycles. The molecule has 2 rings (SSSR count). The molecule has 0 aromatic carbocycles. The number of hydrogen-bond acceptors (Lipinski definition) is 6. The molecule has 0 spiro atoms. The fourth-order valence-corrected chi connectivity index (χ4v) is 3.12. The van der Waals surface area contributed by atoms with Crippen LogP contribution in [0.15, 0.2) is 0 Å². The van der Waals surface area contributed by atoms with Crippen LogP contribution in [0.1, 0.15) is 52.4 Å². The minimum atomic E-state index is -0.710. The van der Waals surface area contributed by atoms with Crippen molar-refractivity contribution in [1.29, 1.82) is 0 Å². The summed E-state index contributed by atoms with van der Waals surface area (Å²) in [5.74, 6) is -1.87. The molecule has 2 atom stereocenters. The average Bonchev–Trinajstić information content (AvgIpc) is 2.83. The number of imide groups is 1. The number of carbonyl (C=O) groups excluding carboxylic acids is 4. The number of nitrogens with one attached hydrogen (secondary N) is 1. The van der Waals surface area contributed by atoms with Gasteiger partial charge < -0.3 is 10.2 Å². The molecule has 8 nitrogen and oxygen atoms in total. The highest BCUT2D eigenvalue weighted by Crippen LogP contribution is 2.21. The summed E-state index contributed by atoms with van der Waals surface area (Å²) in [6.45, 7) is 4.65. The largest absolute Gasteiger partial charge is 0.354 e. The van der Waals surface area contributed by atoms with Gasteiger partial charge in [0, 0.05) is 31.5 Å². The summed E-state index contributed by atoms with van der Waals surface area (Å²) in [6.07, 6.45) is 3.39. The van der Waals surface area contributed by atoms with E-state index in [1.54, 1.807) is 0 Å². The Bertz CT molecular complexity index is 496. The maximum Gasteiger partial charge on any atom is 0.334 e. The molecule has 0 radical (unpaired) electrons. The number of piperidine rings is 1. The van der Waals surface area contributed by atoms with Crippen molar-refractivity contribution in [3.63, 3.8) is 0 Å². The van der Waals surface area contributed by atoms with Gasteiger partial charge in [-0.05, 0) is 26.7 Å². The molecule has 0 unspecified atom stereocenters. The highest BCUT2D eigenvalue weighted by atomic mass is 16.7. The first-order chi connectivity index (χ1) is 11.4. The zero-order valence-corrected chi connectivity index (χ0v) is 14.2. The maximum absolute atomic E-state index is 12.0. The van der Waals surface area contributed by atoms with E-state index in [4.69, 9.17) is 4.84 Å². The lowest BCUT2D eigenvalue weighted by Crippen LogP contribution is -2.48. The third-order valence-corrected chi connectivity index (χ3v) is 4.55. The van der Waals surface area contributed by atoms with Crippen LogP contribution < -0.4 is 5.32 Å². The van der Waals surface area contributed by atoms with Crippen molar-refractivity contribution in [3.05, 3.63) is 0 Å². The van der Waals surface area contributed by atoms with E-state index in [2.05, 4.69) is 24.1 Å². The van der Waals surface area contributed by atoms with Gasteiger partial charge in [0.2, 0.25) is 5.91 Å². The number of rotatable bonds is 6. The van der Waals surface area contributed by atoms with Crippen LogP contribution in [0, 0.1) is 0 Å². The predicted octanol–water partition coefficient (Wildman–Crippen LogP) is 0.363. The number of nitrogens with zero attached hydrogens (tertiary/aromatic N) is 2. The number of amides is 3. The first-order valence-corrected chi connectivity index (χ1v) is 8.47. The van der Waals surface area contributed by atoms with Crippen molar-refractivity contribution < 1.29 is 24.0 Å². The second-order valence-electron chi connectivity index (χ2n) is 6.45. The number of carbonyl (C=O) groups is 4. The molecule has 2 aliphatic heterocycles. The van der Waals surface area contributed by atoms with E-state index in [0.717, 1.165) is 12.8 Å². The highest BCUT2D eigenvalue weighted by Gasteiger charge is 2.32. The number of likely N-dealkylation sites (tertiary alicyclic amines) is 1. The molecule has 0 aliphatic carbocycles. The predicted molar refractivity (Wildman–Crippen MR) is 84.3 cm³/mol. The summed E-state index contributed by atoms with van der Waals surface area (Å²) in [5.41, 5.74) is 0. The van der Waals surface area contributed by atoms with E-state index in [-0.39, 0.29) is 31.7 Å². The van der Waals surface area contributed by atoms with Crippen molar-refractivity contribution in [2.75, 3.05) is 13.1 Å². The van der Waals surface area contributed by atoms with Crippen LogP contribution in [-0.2, 0) is 24.0 Å². The van der Waals surface area contributed by atoms with Crippen LogP contribution in [0.5, 0.6) is 0 Å². The molecule has 3 amide bonds. The van der Waals surface area contributed by atoms with Gasteiger partial charge in [-0.1, -0.05) is 6.42 Å². The van der Waals surface area contributed by atoms with Crippen LogP contribution in [-0.4, -0.2) is 58.8 Å². The minimum absolute atomic E-state index is 0.0645. The highest BCUT2D eigenvalue weighted by molar-refractivity contribution is 6.01. The van der Waals surface area contributed by atoms with Gasteiger partial charge >= 0.3 is 5.97 Å². The zero-order chi connectivity index (χ0) is 17.7. The first-order valence-electron chi connectivity index (χ1n) is 8.47. The van der Waals surface area contributed by atoms with Crippen LogP contribution >= 0.6 is 0 Å². The third kappa shape index (κ3) is 4.77. The standard InChI is InChI=1S/C16H25N3O5/c1-11-4-3-5-12(2)18(11)10-13(20)17-9-8-16(23)24-19-14(21)6-7-15(19)22/h11-12H,3-10H2,1-2H3,(H,17,20)/t11-,12+/i1+1,2+1,9+1,13+1,17+1. The maximum atomic E-state index is 12.0. The summed E-state index contributed by atoms with van der Waals surface area (Å²) in [5, 5.41) is 3.19. The van der Waals surface area contributed by atoms with Gasteiger partial charge in [0.05, 0.1) is 13.0 Å². The molecule has 0 aromatic heterocycles. The Hall–Kier alpha value is -1.96. The van der Waals surface area contributed by atoms with Gasteiger partial charge in [-0.2, -0.15) is 0 Å². The molecule has 134 valence electrons. The summed E-state index contributed by atoms with van der Waals surface area (Å²) < 4.78 is 0. The summed E-state index contributed by atoms with van der Waals surface area (Å²) >= 11 is 0. The Labute approximate surface area is 141 Å².